The number of rotatable bonds is 18. The number of imidazole rings is 2. The van der Waals surface area contributed by atoms with Crippen molar-refractivity contribution >= 4 is 34.9 Å². The van der Waals surface area contributed by atoms with E-state index in [0.717, 1.165) is 55.7 Å². The molecular formula is C52H67N9O6. The Hall–Kier alpha value is -6.90. The third kappa shape index (κ3) is 10.7. The molecule has 0 aliphatic heterocycles. The predicted octanol–water partition coefficient (Wildman–Crippen LogP) is 10.4. The fourth-order valence-corrected chi connectivity index (χ4v) is 8.90. The van der Waals surface area contributed by atoms with Crippen LogP contribution in [0.25, 0.3) is 55.7 Å². The van der Waals surface area contributed by atoms with Crippen LogP contribution in [0.5, 0.6) is 0 Å². The lowest BCUT2D eigenvalue weighted by Crippen LogP contribution is -2.54. The Kier molecular flexibility index (Phi) is 16.0. The van der Waals surface area contributed by atoms with Crippen LogP contribution in [0.15, 0.2) is 85.3 Å². The van der Waals surface area contributed by atoms with Crippen molar-refractivity contribution in [2.45, 2.75) is 118 Å². The summed E-state index contributed by atoms with van der Waals surface area (Å²) in [5.74, 6) is 0.674. The molecule has 356 valence electrons. The molecule has 15 nitrogen and oxygen atoms in total. The van der Waals surface area contributed by atoms with Crippen molar-refractivity contribution in [3.63, 3.8) is 0 Å². The number of nitrogens with one attached hydrogen (secondary N) is 5. The summed E-state index contributed by atoms with van der Waals surface area (Å²) in [6.45, 7) is 19.5. The number of carbonyl (C=O) groups is 4. The van der Waals surface area contributed by atoms with Gasteiger partial charge in [0.15, 0.2) is 0 Å². The number of H-pyrrole nitrogens is 3. The summed E-state index contributed by atoms with van der Waals surface area (Å²) in [6.07, 6.45) is 5.67. The van der Waals surface area contributed by atoms with E-state index >= 15 is 0 Å². The van der Waals surface area contributed by atoms with Gasteiger partial charge in [-0.1, -0.05) is 102 Å². The molecule has 3 aromatic carbocycles. The molecule has 0 aliphatic rings. The maximum absolute atomic E-state index is 14.0. The number of amides is 4. The van der Waals surface area contributed by atoms with Crippen LogP contribution in [-0.4, -0.2) is 97.1 Å². The molecule has 0 spiro atoms. The molecule has 15 heteroatoms. The second-order valence-electron chi connectivity index (χ2n) is 18.2. The number of benzene rings is 3. The van der Waals surface area contributed by atoms with Crippen molar-refractivity contribution in [3.05, 3.63) is 97.0 Å². The van der Waals surface area contributed by atoms with Crippen LogP contribution in [0.4, 0.5) is 9.59 Å². The molecule has 3 aromatic heterocycles. The molecule has 67 heavy (non-hydrogen) atoms. The van der Waals surface area contributed by atoms with Crippen molar-refractivity contribution in [1.29, 1.82) is 0 Å². The molecular weight excluding hydrogens is 847 g/mol. The van der Waals surface area contributed by atoms with Gasteiger partial charge in [0.1, 0.15) is 23.7 Å². The monoisotopic (exact) mass is 914 g/mol. The SMILES string of the molecule is CC[C@@H](c1nc(-c2ccc(-c3ccc(-c4ccc(-c5c[nH]c([C@H](CC)N(C(=O)[C@@H](NC(=O)OC)C(C)C)C(C)C)n5)cc4)c4[nH]ccc34)cc2)c[nH]1)N(C(=O)[C@@H](NC(=O)OC)C(C)C)C(C)C. The van der Waals surface area contributed by atoms with Crippen molar-refractivity contribution in [3.8, 4) is 44.8 Å². The summed E-state index contributed by atoms with van der Waals surface area (Å²) in [4.78, 5) is 76.0. The number of hydrogen-bond acceptors (Lipinski definition) is 8. The number of ether oxygens (including phenoxy) is 2. The Morgan fingerprint density at radius 1 is 0.552 bits per heavy atom. The lowest BCUT2D eigenvalue weighted by atomic mass is 9.95. The Morgan fingerprint density at radius 3 is 1.31 bits per heavy atom. The van der Waals surface area contributed by atoms with Crippen LogP contribution in [0.3, 0.4) is 0 Å². The van der Waals surface area contributed by atoms with E-state index in [1.54, 1.807) is 9.80 Å². The van der Waals surface area contributed by atoms with Gasteiger partial charge in [0.2, 0.25) is 11.8 Å². The zero-order valence-corrected chi connectivity index (χ0v) is 40.9. The molecule has 5 N–H and O–H groups in total. The molecule has 0 aliphatic carbocycles. The van der Waals surface area contributed by atoms with Gasteiger partial charge in [0, 0.05) is 52.8 Å². The number of nitrogens with zero attached hydrogens (tertiary/aromatic N) is 4. The zero-order chi connectivity index (χ0) is 48.7. The average molecular weight is 914 g/mol. The Balaban J connectivity index is 1.20. The molecule has 0 saturated carbocycles. The summed E-state index contributed by atoms with van der Waals surface area (Å²) in [5.41, 5.74) is 8.69. The van der Waals surface area contributed by atoms with E-state index in [1.807, 2.05) is 87.8 Å². The molecule has 0 fully saturated rings. The first-order valence-electron chi connectivity index (χ1n) is 23.3. The predicted molar refractivity (Wildman–Crippen MR) is 263 cm³/mol. The molecule has 3 heterocycles. The lowest BCUT2D eigenvalue weighted by Gasteiger charge is -2.37. The second-order valence-corrected chi connectivity index (χ2v) is 18.2. The van der Waals surface area contributed by atoms with Gasteiger partial charge in [0.05, 0.1) is 43.2 Å². The standard InChI is InChI=1S/C52H67N9O6/c1-13-42(60(31(7)8)49(62)44(29(3)4)58-51(64)66-11)47-54-27-40(56-47)35-19-15-33(16-20-35)37-23-24-38(46-39(37)25-26-53-46)34-17-21-36(22-18-34)41-28-55-48(57-41)43(14-2)61(32(9)10)50(63)45(30(5)6)59-52(65)67-12/h15-32,42-45,53H,13-14H2,1-12H3,(H,54,56)(H,55,57)(H,58,64)(H,59,65)/t42-,43-,44-,45-/m0/s1. The minimum absolute atomic E-state index is 0.150. The maximum atomic E-state index is 14.0. The first-order chi connectivity index (χ1) is 32.0. The summed E-state index contributed by atoms with van der Waals surface area (Å²) >= 11 is 0. The van der Waals surface area contributed by atoms with Crippen LogP contribution in [0, 0.1) is 11.8 Å². The highest BCUT2D eigenvalue weighted by atomic mass is 16.5. The number of hydrogen-bond donors (Lipinski definition) is 5. The molecule has 0 radical (unpaired) electrons. The summed E-state index contributed by atoms with van der Waals surface area (Å²) < 4.78 is 9.63. The second kappa shape index (κ2) is 21.6. The Morgan fingerprint density at radius 2 is 0.940 bits per heavy atom. The highest BCUT2D eigenvalue weighted by Crippen LogP contribution is 2.37. The van der Waals surface area contributed by atoms with Crippen molar-refractivity contribution in [2.24, 2.45) is 11.8 Å². The number of alkyl carbamates (subject to hydrolysis) is 2. The van der Waals surface area contributed by atoms with E-state index in [0.29, 0.717) is 24.5 Å². The fraction of sp³-hybridized carbons (Fsp3) is 0.423. The minimum atomic E-state index is -0.750. The van der Waals surface area contributed by atoms with Crippen LogP contribution in [-0.2, 0) is 19.1 Å². The minimum Gasteiger partial charge on any atom is -0.453 e. The van der Waals surface area contributed by atoms with Gasteiger partial charge < -0.3 is 44.9 Å². The quantitative estimate of drug-likeness (QED) is 0.0563. The molecule has 4 amide bonds. The van der Waals surface area contributed by atoms with E-state index in [4.69, 9.17) is 19.4 Å². The van der Waals surface area contributed by atoms with Gasteiger partial charge in [-0.15, -0.1) is 0 Å². The maximum Gasteiger partial charge on any atom is 0.407 e. The molecule has 6 rings (SSSR count). The number of aromatic nitrogens is 5. The smallest absolute Gasteiger partial charge is 0.407 e. The number of fused-ring (bicyclic) bond motifs is 1. The summed E-state index contributed by atoms with van der Waals surface area (Å²) in [5, 5.41) is 6.54. The van der Waals surface area contributed by atoms with E-state index in [-0.39, 0.29) is 47.8 Å². The van der Waals surface area contributed by atoms with Crippen molar-refractivity contribution < 1.29 is 28.7 Å². The topological polar surface area (TPSA) is 190 Å². The first-order valence-corrected chi connectivity index (χ1v) is 23.3. The van der Waals surface area contributed by atoms with E-state index in [2.05, 4.69) is 92.3 Å². The molecule has 0 bridgehead atoms. The van der Waals surface area contributed by atoms with Gasteiger partial charge >= 0.3 is 12.2 Å². The summed E-state index contributed by atoms with van der Waals surface area (Å²) in [7, 11) is 2.58. The number of aromatic amines is 3. The fourth-order valence-electron chi connectivity index (χ4n) is 8.90. The highest BCUT2D eigenvalue weighted by Gasteiger charge is 2.37. The van der Waals surface area contributed by atoms with Gasteiger partial charge in [-0.2, -0.15) is 0 Å². The van der Waals surface area contributed by atoms with E-state index in [1.165, 1.54) is 14.2 Å². The van der Waals surface area contributed by atoms with Gasteiger partial charge in [-0.25, -0.2) is 19.6 Å². The Labute approximate surface area is 393 Å². The van der Waals surface area contributed by atoms with Gasteiger partial charge in [0.25, 0.3) is 0 Å². The molecule has 6 aromatic rings. The number of carbonyl (C=O) groups excluding carboxylic acids is 4. The summed E-state index contributed by atoms with van der Waals surface area (Å²) in [6, 6.07) is 20.6. The zero-order valence-electron chi connectivity index (χ0n) is 40.9. The van der Waals surface area contributed by atoms with Crippen LogP contribution in [0.2, 0.25) is 0 Å². The first kappa shape index (κ1) is 49.5. The van der Waals surface area contributed by atoms with Crippen molar-refractivity contribution in [2.75, 3.05) is 14.2 Å². The molecule has 4 atom stereocenters. The number of methoxy groups -OCH3 is 2. The third-order valence-corrected chi connectivity index (χ3v) is 12.4. The normalized spacial score (nSPS) is 13.4. The van der Waals surface area contributed by atoms with E-state index in [9.17, 15) is 19.2 Å². The average Bonchev–Trinajstić information content (AvgIpc) is 4.12. The third-order valence-electron chi connectivity index (χ3n) is 12.4. The van der Waals surface area contributed by atoms with Crippen LogP contribution in [0.1, 0.15) is 106 Å². The largest absolute Gasteiger partial charge is 0.453 e. The highest BCUT2D eigenvalue weighted by molar-refractivity contribution is 6.03. The van der Waals surface area contributed by atoms with Crippen molar-refractivity contribution in [1.82, 2.24) is 45.4 Å². The van der Waals surface area contributed by atoms with Crippen LogP contribution >= 0.6 is 0 Å². The van der Waals surface area contributed by atoms with Gasteiger partial charge in [-0.3, -0.25) is 9.59 Å². The molecule has 0 unspecified atom stereocenters. The van der Waals surface area contributed by atoms with E-state index < -0.39 is 24.3 Å². The molecule has 0 saturated heterocycles. The lowest BCUT2D eigenvalue weighted by molar-refractivity contribution is -0.140. The van der Waals surface area contributed by atoms with Crippen LogP contribution < -0.4 is 10.6 Å². The Bertz CT molecular complexity index is 2450. The van der Waals surface area contributed by atoms with Gasteiger partial charge in [-0.05, 0) is 75.1 Å².